The van der Waals surface area contributed by atoms with E-state index in [2.05, 4.69) is 0 Å². The molecule has 0 saturated heterocycles. The van der Waals surface area contributed by atoms with E-state index in [4.69, 9.17) is 13.9 Å². The van der Waals surface area contributed by atoms with Gasteiger partial charge in [-0.15, -0.1) is 0 Å². The fourth-order valence-electron chi connectivity index (χ4n) is 3.80. The van der Waals surface area contributed by atoms with E-state index < -0.39 is 72.0 Å². The molecule has 0 unspecified atom stereocenters. The molecule has 0 atom stereocenters. The predicted molar refractivity (Wildman–Crippen MR) is 122 cm³/mol. The highest BCUT2D eigenvalue weighted by Crippen LogP contribution is 2.44. The van der Waals surface area contributed by atoms with Gasteiger partial charge in [0.25, 0.3) is 10.0 Å². The number of fused-ring (bicyclic) bond motifs is 2. The number of phenols is 1. The summed E-state index contributed by atoms with van der Waals surface area (Å²) in [6, 6.07) is 5.03. The molecule has 15 heteroatoms. The van der Waals surface area contributed by atoms with E-state index in [1.165, 1.54) is 25.3 Å². The molecular formula is C23H15F6NO7S. The summed E-state index contributed by atoms with van der Waals surface area (Å²) in [4.78, 5) is 11.4. The second-order valence-electron chi connectivity index (χ2n) is 7.76. The van der Waals surface area contributed by atoms with E-state index in [0.717, 1.165) is 13.2 Å². The molecule has 2 N–H and O–H groups in total. The molecule has 1 aromatic heterocycles. The molecule has 0 saturated carbocycles. The average Bonchev–Trinajstić information content (AvgIpc) is 2.82. The van der Waals surface area contributed by atoms with E-state index >= 15 is 0 Å². The van der Waals surface area contributed by atoms with Crippen molar-refractivity contribution in [1.82, 2.24) is 0 Å². The Kier molecular flexibility index (Phi) is 6.38. The topological polar surface area (TPSA) is 115 Å². The molecule has 0 aliphatic carbocycles. The Bertz CT molecular complexity index is 1740. The highest BCUT2D eigenvalue weighted by Gasteiger charge is 2.40. The molecule has 0 bridgehead atoms. The lowest BCUT2D eigenvalue weighted by Gasteiger charge is -2.18. The van der Waals surface area contributed by atoms with Gasteiger partial charge in [0.2, 0.25) is 5.43 Å². The van der Waals surface area contributed by atoms with Crippen molar-refractivity contribution >= 4 is 37.6 Å². The van der Waals surface area contributed by atoms with Crippen LogP contribution >= 0.6 is 0 Å². The molecule has 0 fully saturated rings. The average molecular weight is 563 g/mol. The summed E-state index contributed by atoms with van der Waals surface area (Å²) in [5.74, 6) is -1.56. The fourth-order valence-corrected chi connectivity index (χ4v) is 5.10. The molecule has 0 spiro atoms. The molecule has 0 aliphatic heterocycles. The van der Waals surface area contributed by atoms with Crippen molar-refractivity contribution in [3.63, 3.8) is 0 Å². The molecule has 38 heavy (non-hydrogen) atoms. The molecule has 1 heterocycles. The molecule has 0 aliphatic rings. The number of alkyl halides is 6. The Labute approximate surface area is 209 Å². The predicted octanol–water partition coefficient (Wildman–Crippen LogP) is 5.51. The molecule has 4 rings (SSSR count). The van der Waals surface area contributed by atoms with Crippen molar-refractivity contribution < 1.29 is 53.8 Å². The SMILES string of the molecule is COc1c(NS(=O)(=O)c2cc(C(F)(F)F)ccc2C(F)(F)F)cc2oc3cccc(OC)c3c(=O)c2c1O. The fraction of sp³-hybridized carbons (Fsp3) is 0.174. The zero-order chi connectivity index (χ0) is 28.2. The number of hydrogen-bond acceptors (Lipinski definition) is 7. The summed E-state index contributed by atoms with van der Waals surface area (Å²) in [6.45, 7) is 0. The third kappa shape index (κ3) is 4.53. The Morgan fingerprint density at radius 1 is 0.895 bits per heavy atom. The van der Waals surface area contributed by atoms with Crippen molar-refractivity contribution in [3.05, 3.63) is 63.8 Å². The number of sulfonamides is 1. The molecule has 3 aromatic carbocycles. The first-order valence-electron chi connectivity index (χ1n) is 10.2. The minimum Gasteiger partial charge on any atom is -0.504 e. The first-order chi connectivity index (χ1) is 17.6. The zero-order valence-electron chi connectivity index (χ0n) is 19.1. The summed E-state index contributed by atoms with van der Waals surface area (Å²) in [5, 5.41) is 10.2. The van der Waals surface area contributed by atoms with Crippen molar-refractivity contribution in [3.8, 4) is 17.2 Å². The minimum absolute atomic E-state index is 0.00888. The number of methoxy groups -OCH3 is 2. The van der Waals surface area contributed by atoms with Crippen LogP contribution in [0.2, 0.25) is 0 Å². The van der Waals surface area contributed by atoms with Crippen molar-refractivity contribution in [1.29, 1.82) is 0 Å². The maximum absolute atomic E-state index is 13.5. The Morgan fingerprint density at radius 2 is 1.58 bits per heavy atom. The van der Waals surface area contributed by atoms with Crippen molar-refractivity contribution in [2.24, 2.45) is 0 Å². The van der Waals surface area contributed by atoms with Gasteiger partial charge < -0.3 is 19.0 Å². The molecule has 4 aromatic rings. The lowest BCUT2D eigenvalue weighted by Crippen LogP contribution is -2.21. The van der Waals surface area contributed by atoms with Gasteiger partial charge in [-0.05, 0) is 30.3 Å². The number of nitrogens with one attached hydrogen (secondary N) is 1. The number of hydrogen-bond donors (Lipinski definition) is 2. The van der Waals surface area contributed by atoms with Gasteiger partial charge in [-0.3, -0.25) is 9.52 Å². The van der Waals surface area contributed by atoms with E-state index in [9.17, 15) is 44.7 Å². The van der Waals surface area contributed by atoms with Gasteiger partial charge in [0.1, 0.15) is 32.6 Å². The smallest absolute Gasteiger partial charge is 0.417 e. The number of aromatic hydroxyl groups is 1. The van der Waals surface area contributed by atoms with E-state index in [1.807, 2.05) is 0 Å². The number of rotatable bonds is 5. The van der Waals surface area contributed by atoms with Crippen LogP contribution in [0.4, 0.5) is 32.0 Å². The van der Waals surface area contributed by atoms with Crippen LogP contribution < -0.4 is 19.6 Å². The van der Waals surface area contributed by atoms with Gasteiger partial charge in [0.05, 0.1) is 31.0 Å². The van der Waals surface area contributed by atoms with Crippen LogP contribution in [-0.4, -0.2) is 27.7 Å². The second kappa shape index (κ2) is 9.01. The monoisotopic (exact) mass is 563 g/mol. The number of halogens is 6. The normalized spacial score (nSPS) is 12.6. The third-order valence-corrected chi connectivity index (χ3v) is 6.86. The van der Waals surface area contributed by atoms with Crippen molar-refractivity contribution in [2.45, 2.75) is 17.2 Å². The maximum atomic E-state index is 13.5. The first kappa shape index (κ1) is 26.9. The summed E-state index contributed by atoms with van der Waals surface area (Å²) < 4.78 is 123. The Balaban J connectivity index is 1.97. The zero-order valence-corrected chi connectivity index (χ0v) is 19.9. The molecule has 8 nitrogen and oxygen atoms in total. The van der Waals surface area contributed by atoms with Gasteiger partial charge >= 0.3 is 12.4 Å². The van der Waals surface area contributed by atoms with E-state index in [1.54, 1.807) is 4.72 Å². The van der Waals surface area contributed by atoms with Gasteiger partial charge in [0, 0.05) is 6.07 Å². The Hall–Kier alpha value is -4.14. The van der Waals surface area contributed by atoms with Gasteiger partial charge in [-0.1, -0.05) is 6.07 Å². The second-order valence-corrected chi connectivity index (χ2v) is 9.41. The summed E-state index contributed by atoms with van der Waals surface area (Å²) >= 11 is 0. The highest BCUT2D eigenvalue weighted by molar-refractivity contribution is 7.92. The van der Waals surface area contributed by atoms with Gasteiger partial charge in [-0.2, -0.15) is 26.3 Å². The van der Waals surface area contributed by atoms with Crippen LogP contribution in [0.1, 0.15) is 11.1 Å². The molecular weight excluding hydrogens is 548 g/mol. The third-order valence-electron chi connectivity index (χ3n) is 5.45. The standard InChI is InChI=1S/C23H15F6NO7S/c1-35-13-4-3-5-14-17(13)19(31)18-15(37-14)9-12(21(36-2)20(18)32)30-38(33,34)16-8-10(22(24,25)26)6-7-11(16)23(27,28)29/h3-9,30,32H,1-2H3. The van der Waals surface area contributed by atoms with Gasteiger partial charge in [-0.25, -0.2) is 8.42 Å². The van der Waals surface area contributed by atoms with Crippen LogP contribution in [0, 0.1) is 0 Å². The van der Waals surface area contributed by atoms with Gasteiger partial charge in [0.15, 0.2) is 11.5 Å². The molecule has 0 radical (unpaired) electrons. The highest BCUT2D eigenvalue weighted by atomic mass is 32.2. The minimum atomic E-state index is -5.39. The maximum Gasteiger partial charge on any atom is 0.417 e. The number of anilines is 1. The lowest BCUT2D eigenvalue weighted by atomic mass is 10.1. The quantitative estimate of drug-likeness (QED) is 0.243. The van der Waals surface area contributed by atoms with Crippen LogP contribution in [0.25, 0.3) is 21.9 Å². The number of benzene rings is 3. The number of phenolic OH excluding ortho intramolecular Hbond substituents is 1. The van der Waals surface area contributed by atoms with Crippen LogP contribution in [-0.2, 0) is 22.4 Å². The first-order valence-corrected chi connectivity index (χ1v) is 11.7. The van der Waals surface area contributed by atoms with E-state index in [0.29, 0.717) is 0 Å². The van der Waals surface area contributed by atoms with E-state index in [-0.39, 0.29) is 34.9 Å². The summed E-state index contributed by atoms with van der Waals surface area (Å²) in [7, 11) is -3.16. The van der Waals surface area contributed by atoms with Crippen LogP contribution in [0.5, 0.6) is 17.2 Å². The van der Waals surface area contributed by atoms with Crippen LogP contribution in [0.15, 0.2) is 56.6 Å². The largest absolute Gasteiger partial charge is 0.504 e. The van der Waals surface area contributed by atoms with Crippen LogP contribution in [0.3, 0.4) is 0 Å². The number of ether oxygens (including phenoxy) is 2. The van der Waals surface area contributed by atoms with Crippen molar-refractivity contribution in [2.75, 3.05) is 18.9 Å². The Morgan fingerprint density at radius 3 is 2.16 bits per heavy atom. The summed E-state index contributed by atoms with van der Waals surface area (Å²) in [6.07, 6.45) is -10.5. The molecule has 202 valence electrons. The summed E-state index contributed by atoms with van der Waals surface area (Å²) in [5.41, 5.74) is -5.49. The lowest BCUT2D eigenvalue weighted by molar-refractivity contribution is -0.143. The molecule has 0 amide bonds.